The van der Waals surface area contributed by atoms with Crippen LogP contribution >= 0.6 is 0 Å². The number of carbonyl (C=O) groups is 1. The number of carbonyl (C=O) groups excluding carboxylic acids is 1. The van der Waals surface area contributed by atoms with E-state index in [1.165, 1.54) is 6.92 Å². The Morgan fingerprint density at radius 1 is 1.29 bits per heavy atom. The highest BCUT2D eigenvalue weighted by atomic mass is 19.4. The van der Waals surface area contributed by atoms with E-state index in [1.807, 2.05) is 0 Å². The topological polar surface area (TPSA) is 29.1 Å². The average molecular weight is 253 g/mol. The van der Waals surface area contributed by atoms with Crippen LogP contribution in [0.2, 0.25) is 0 Å². The van der Waals surface area contributed by atoms with E-state index in [4.69, 9.17) is 0 Å². The van der Waals surface area contributed by atoms with Crippen molar-refractivity contribution in [3.8, 4) is 0 Å². The van der Waals surface area contributed by atoms with Crippen LogP contribution in [0.25, 0.3) is 0 Å². The molecule has 1 aromatic rings. The second kappa shape index (κ2) is 4.68. The van der Waals surface area contributed by atoms with E-state index in [0.717, 1.165) is 12.1 Å². The van der Waals surface area contributed by atoms with Crippen LogP contribution in [-0.4, -0.2) is 12.3 Å². The van der Waals surface area contributed by atoms with Crippen molar-refractivity contribution >= 4 is 11.6 Å². The van der Waals surface area contributed by atoms with Gasteiger partial charge < -0.3 is 5.32 Å². The van der Waals surface area contributed by atoms with Crippen LogP contribution in [-0.2, 0) is 11.0 Å². The SMILES string of the molecule is Cc1ccc(C(F)(F)F)cc1NC(=O)C(F)F. The summed E-state index contributed by atoms with van der Waals surface area (Å²) >= 11 is 0. The highest BCUT2D eigenvalue weighted by Gasteiger charge is 2.31. The number of amides is 1. The van der Waals surface area contributed by atoms with Crippen LogP contribution in [0.3, 0.4) is 0 Å². The van der Waals surface area contributed by atoms with Crippen molar-refractivity contribution in [2.24, 2.45) is 0 Å². The van der Waals surface area contributed by atoms with Crippen LogP contribution < -0.4 is 5.32 Å². The molecule has 1 amide bonds. The third-order valence-corrected chi connectivity index (χ3v) is 2.02. The van der Waals surface area contributed by atoms with Crippen molar-refractivity contribution in [3.05, 3.63) is 29.3 Å². The van der Waals surface area contributed by atoms with Gasteiger partial charge in [-0.25, -0.2) is 0 Å². The van der Waals surface area contributed by atoms with E-state index in [1.54, 1.807) is 5.32 Å². The van der Waals surface area contributed by atoms with Crippen molar-refractivity contribution in [3.63, 3.8) is 0 Å². The van der Waals surface area contributed by atoms with Gasteiger partial charge in [0.2, 0.25) is 0 Å². The Bertz CT molecular complexity index is 427. The van der Waals surface area contributed by atoms with Gasteiger partial charge in [0.1, 0.15) is 0 Å². The van der Waals surface area contributed by atoms with Gasteiger partial charge in [-0.05, 0) is 24.6 Å². The predicted octanol–water partition coefficient (Wildman–Crippen LogP) is 3.22. The summed E-state index contributed by atoms with van der Waals surface area (Å²) in [6.45, 7) is 1.40. The first kappa shape index (κ1) is 13.4. The Balaban J connectivity index is 3.03. The maximum Gasteiger partial charge on any atom is 0.416 e. The normalized spacial score (nSPS) is 11.7. The van der Waals surface area contributed by atoms with E-state index >= 15 is 0 Å². The lowest BCUT2D eigenvalue weighted by molar-refractivity contribution is -0.137. The van der Waals surface area contributed by atoms with Crippen LogP contribution in [0.4, 0.5) is 27.6 Å². The minimum absolute atomic E-state index is 0.270. The molecule has 0 unspecified atom stereocenters. The molecule has 0 saturated heterocycles. The van der Waals surface area contributed by atoms with Crippen molar-refractivity contribution in [2.75, 3.05) is 5.32 Å². The summed E-state index contributed by atoms with van der Waals surface area (Å²) in [5.74, 6) is -1.63. The van der Waals surface area contributed by atoms with Gasteiger partial charge in [0, 0.05) is 5.69 Å². The lowest BCUT2D eigenvalue weighted by Gasteiger charge is -2.12. The van der Waals surface area contributed by atoms with Gasteiger partial charge in [-0.15, -0.1) is 0 Å². The minimum atomic E-state index is -4.59. The molecule has 7 heteroatoms. The van der Waals surface area contributed by atoms with Crippen LogP contribution in [0.15, 0.2) is 18.2 Å². The zero-order valence-electron chi connectivity index (χ0n) is 8.61. The van der Waals surface area contributed by atoms with Gasteiger partial charge in [-0.1, -0.05) is 6.07 Å². The molecule has 0 radical (unpaired) electrons. The van der Waals surface area contributed by atoms with Crippen molar-refractivity contribution in [1.29, 1.82) is 0 Å². The maximum absolute atomic E-state index is 12.3. The van der Waals surface area contributed by atoms with Crippen molar-refractivity contribution in [2.45, 2.75) is 19.5 Å². The number of hydrogen-bond acceptors (Lipinski definition) is 1. The fourth-order valence-corrected chi connectivity index (χ4v) is 1.12. The van der Waals surface area contributed by atoms with E-state index in [9.17, 15) is 26.7 Å². The minimum Gasteiger partial charge on any atom is -0.321 e. The summed E-state index contributed by atoms with van der Waals surface area (Å²) in [4.78, 5) is 10.7. The van der Waals surface area contributed by atoms with Crippen molar-refractivity contribution in [1.82, 2.24) is 0 Å². The lowest BCUT2D eigenvalue weighted by Crippen LogP contribution is -2.21. The third kappa shape index (κ3) is 3.40. The van der Waals surface area contributed by atoms with Crippen LogP contribution in [0.1, 0.15) is 11.1 Å². The molecule has 17 heavy (non-hydrogen) atoms. The molecule has 1 rings (SSSR count). The molecule has 0 aliphatic carbocycles. The summed E-state index contributed by atoms with van der Waals surface area (Å²) < 4.78 is 60.9. The molecule has 0 bridgehead atoms. The van der Waals surface area contributed by atoms with Gasteiger partial charge in [0.15, 0.2) is 0 Å². The molecule has 0 aliphatic rings. The Kier molecular flexibility index (Phi) is 3.69. The molecule has 0 spiro atoms. The van der Waals surface area contributed by atoms with Gasteiger partial charge in [0.25, 0.3) is 5.91 Å². The first-order valence-corrected chi connectivity index (χ1v) is 4.48. The van der Waals surface area contributed by atoms with E-state index in [0.29, 0.717) is 6.07 Å². The first-order valence-electron chi connectivity index (χ1n) is 4.48. The van der Waals surface area contributed by atoms with E-state index in [2.05, 4.69) is 0 Å². The monoisotopic (exact) mass is 253 g/mol. The summed E-state index contributed by atoms with van der Waals surface area (Å²) in [5, 5.41) is 1.73. The largest absolute Gasteiger partial charge is 0.416 e. The fourth-order valence-electron chi connectivity index (χ4n) is 1.12. The highest BCUT2D eigenvalue weighted by Crippen LogP contribution is 2.32. The first-order chi connectivity index (χ1) is 7.71. The molecule has 94 valence electrons. The molecular formula is C10H8F5NO. The summed E-state index contributed by atoms with van der Waals surface area (Å²) in [6, 6.07) is 2.53. The highest BCUT2D eigenvalue weighted by molar-refractivity contribution is 5.93. The molecule has 0 aliphatic heterocycles. The summed E-state index contributed by atoms with van der Waals surface area (Å²) in [5.41, 5.74) is -1.01. The van der Waals surface area contributed by atoms with Gasteiger partial charge in [0.05, 0.1) is 5.56 Å². The Hall–Kier alpha value is -1.66. The fraction of sp³-hybridized carbons (Fsp3) is 0.300. The Morgan fingerprint density at radius 2 is 1.88 bits per heavy atom. The molecule has 1 N–H and O–H groups in total. The number of rotatable bonds is 2. The standard InChI is InChI=1S/C10H8F5NO/c1-5-2-3-6(10(13,14)15)4-7(5)16-9(17)8(11)12/h2-4,8H,1H3,(H,16,17). The van der Waals surface area contributed by atoms with Gasteiger partial charge in [-0.2, -0.15) is 22.0 Å². The molecule has 0 fully saturated rings. The zero-order chi connectivity index (χ0) is 13.2. The Morgan fingerprint density at radius 3 is 2.35 bits per heavy atom. The average Bonchev–Trinajstić information content (AvgIpc) is 2.19. The molecule has 0 heterocycles. The Labute approximate surface area is 93.4 Å². The third-order valence-electron chi connectivity index (χ3n) is 2.02. The molecule has 0 atom stereocenters. The van der Waals surface area contributed by atoms with Gasteiger partial charge >= 0.3 is 12.6 Å². The zero-order valence-corrected chi connectivity index (χ0v) is 8.61. The lowest BCUT2D eigenvalue weighted by atomic mass is 10.1. The number of halogens is 5. The molecule has 0 saturated carbocycles. The molecule has 2 nitrogen and oxygen atoms in total. The smallest absolute Gasteiger partial charge is 0.321 e. The summed E-state index contributed by atoms with van der Waals surface area (Å²) in [6.07, 6.45) is -7.86. The number of nitrogens with one attached hydrogen (secondary N) is 1. The molecular weight excluding hydrogens is 245 g/mol. The number of benzene rings is 1. The van der Waals surface area contributed by atoms with Crippen LogP contribution in [0.5, 0.6) is 0 Å². The predicted molar refractivity (Wildman–Crippen MR) is 50.8 cm³/mol. The quantitative estimate of drug-likeness (QED) is 0.805. The van der Waals surface area contributed by atoms with Crippen molar-refractivity contribution < 1.29 is 26.7 Å². The molecule has 0 aromatic heterocycles. The van der Waals surface area contributed by atoms with Gasteiger partial charge in [-0.3, -0.25) is 4.79 Å². The maximum atomic E-state index is 12.3. The number of alkyl halides is 5. The van der Waals surface area contributed by atoms with Crippen LogP contribution in [0, 0.1) is 6.92 Å². The van der Waals surface area contributed by atoms with E-state index < -0.39 is 24.1 Å². The number of aryl methyl sites for hydroxylation is 1. The van der Waals surface area contributed by atoms with E-state index in [-0.39, 0.29) is 11.3 Å². The summed E-state index contributed by atoms with van der Waals surface area (Å²) in [7, 11) is 0. The second-order valence-corrected chi connectivity index (χ2v) is 3.32. The second-order valence-electron chi connectivity index (χ2n) is 3.32. The number of anilines is 1. The molecule has 1 aromatic carbocycles. The number of hydrogen-bond donors (Lipinski definition) is 1.